The highest BCUT2D eigenvalue weighted by Crippen LogP contribution is 2.17. The van der Waals surface area contributed by atoms with Crippen LogP contribution in [0, 0.1) is 18.7 Å². The lowest BCUT2D eigenvalue weighted by Gasteiger charge is -2.35. The van der Waals surface area contributed by atoms with Gasteiger partial charge in [-0.05, 0) is 56.1 Å². The largest absolute Gasteiger partial charge is 0.310 e. The number of aryl methyl sites for hydroxylation is 1. The van der Waals surface area contributed by atoms with Gasteiger partial charge in [0.1, 0.15) is 5.82 Å². The molecule has 3 heteroatoms. The first-order valence-corrected chi connectivity index (χ1v) is 6.73. The molecule has 18 heavy (non-hydrogen) atoms. The average molecular weight is 250 g/mol. The van der Waals surface area contributed by atoms with Gasteiger partial charge in [0.25, 0.3) is 0 Å². The van der Waals surface area contributed by atoms with E-state index in [-0.39, 0.29) is 5.82 Å². The molecule has 0 aliphatic carbocycles. The van der Waals surface area contributed by atoms with Crippen LogP contribution >= 0.6 is 0 Å². The minimum atomic E-state index is -0.149. The second-order valence-corrected chi connectivity index (χ2v) is 5.59. The molecule has 1 heterocycles. The number of piperidine rings is 1. The molecule has 0 amide bonds. The first-order chi connectivity index (χ1) is 8.56. The van der Waals surface area contributed by atoms with Gasteiger partial charge in [-0.25, -0.2) is 4.39 Å². The molecule has 1 aromatic rings. The summed E-state index contributed by atoms with van der Waals surface area (Å²) in [6, 6.07) is 5.61. The number of nitrogens with one attached hydrogen (secondary N) is 1. The Balaban J connectivity index is 1.91. The molecule has 1 fully saturated rings. The maximum absolute atomic E-state index is 13.0. The zero-order chi connectivity index (χ0) is 13.1. The van der Waals surface area contributed by atoms with E-state index >= 15 is 0 Å². The van der Waals surface area contributed by atoms with Crippen LogP contribution in [0.25, 0.3) is 0 Å². The van der Waals surface area contributed by atoms with Crippen molar-refractivity contribution in [2.24, 2.45) is 5.92 Å². The van der Waals surface area contributed by atoms with Crippen molar-refractivity contribution in [1.29, 1.82) is 0 Å². The molecule has 1 saturated heterocycles. The van der Waals surface area contributed by atoms with Crippen molar-refractivity contribution in [3.63, 3.8) is 0 Å². The predicted molar refractivity (Wildman–Crippen MR) is 73.0 cm³/mol. The van der Waals surface area contributed by atoms with Gasteiger partial charge in [0.05, 0.1) is 0 Å². The fraction of sp³-hybridized carbons (Fsp3) is 0.600. The van der Waals surface area contributed by atoms with Crippen LogP contribution in [0.1, 0.15) is 24.5 Å². The fourth-order valence-corrected chi connectivity index (χ4v) is 2.76. The van der Waals surface area contributed by atoms with E-state index in [1.165, 1.54) is 12.0 Å². The molecule has 0 spiro atoms. The van der Waals surface area contributed by atoms with Crippen molar-refractivity contribution in [3.8, 4) is 0 Å². The summed E-state index contributed by atoms with van der Waals surface area (Å²) in [6.45, 7) is 7.42. The number of halogens is 1. The Hall–Kier alpha value is -0.930. The normalized spacial score (nSPS) is 25.3. The molecule has 0 bridgehead atoms. The molecular formula is C15H23FN2. The average Bonchev–Trinajstić information content (AvgIpc) is 2.30. The number of hydrogen-bond acceptors (Lipinski definition) is 2. The molecule has 1 N–H and O–H groups in total. The molecule has 1 aromatic carbocycles. The van der Waals surface area contributed by atoms with Gasteiger partial charge < -0.3 is 10.2 Å². The second kappa shape index (κ2) is 5.81. The van der Waals surface area contributed by atoms with Crippen molar-refractivity contribution in [2.75, 3.05) is 20.1 Å². The predicted octanol–water partition coefficient (Wildman–Crippen LogP) is 2.56. The Morgan fingerprint density at radius 2 is 2.22 bits per heavy atom. The Labute approximate surface area is 109 Å². The van der Waals surface area contributed by atoms with Crippen LogP contribution in [-0.4, -0.2) is 31.1 Å². The third-order valence-corrected chi connectivity index (χ3v) is 3.97. The smallest absolute Gasteiger partial charge is 0.123 e. The standard InChI is InChI=1S/C15H23FN2/c1-11-8-14(16)5-4-13(11)9-17-15-6-7-18(3)10-12(15)2/h4-5,8,12,15,17H,6-7,9-10H2,1-3H3/t12-,15+/m1/s1. The summed E-state index contributed by atoms with van der Waals surface area (Å²) in [5.41, 5.74) is 2.23. The third kappa shape index (κ3) is 3.30. The Morgan fingerprint density at radius 1 is 1.44 bits per heavy atom. The fourth-order valence-electron chi connectivity index (χ4n) is 2.76. The van der Waals surface area contributed by atoms with Gasteiger partial charge in [-0.1, -0.05) is 13.0 Å². The molecule has 2 nitrogen and oxygen atoms in total. The van der Waals surface area contributed by atoms with Crippen LogP contribution < -0.4 is 5.32 Å². The van der Waals surface area contributed by atoms with Crippen LogP contribution in [0.4, 0.5) is 4.39 Å². The number of hydrogen-bond donors (Lipinski definition) is 1. The number of benzene rings is 1. The topological polar surface area (TPSA) is 15.3 Å². The van der Waals surface area contributed by atoms with E-state index in [4.69, 9.17) is 0 Å². The number of nitrogens with zero attached hydrogens (tertiary/aromatic N) is 1. The summed E-state index contributed by atoms with van der Waals surface area (Å²) in [4.78, 5) is 2.38. The summed E-state index contributed by atoms with van der Waals surface area (Å²) in [5.74, 6) is 0.522. The van der Waals surface area contributed by atoms with Gasteiger partial charge in [0.15, 0.2) is 0 Å². The minimum Gasteiger partial charge on any atom is -0.310 e. The van der Waals surface area contributed by atoms with Crippen LogP contribution in [0.2, 0.25) is 0 Å². The first-order valence-electron chi connectivity index (χ1n) is 6.73. The quantitative estimate of drug-likeness (QED) is 0.887. The zero-order valence-corrected chi connectivity index (χ0v) is 11.5. The van der Waals surface area contributed by atoms with E-state index in [1.807, 2.05) is 13.0 Å². The van der Waals surface area contributed by atoms with Crippen molar-refractivity contribution in [2.45, 2.75) is 32.9 Å². The molecule has 1 aliphatic heterocycles. The third-order valence-electron chi connectivity index (χ3n) is 3.97. The molecule has 0 unspecified atom stereocenters. The highest BCUT2D eigenvalue weighted by molar-refractivity contribution is 5.26. The maximum Gasteiger partial charge on any atom is 0.123 e. The minimum absolute atomic E-state index is 0.149. The summed E-state index contributed by atoms with van der Waals surface area (Å²) in [5, 5.41) is 3.62. The molecule has 2 rings (SSSR count). The van der Waals surface area contributed by atoms with E-state index in [0.717, 1.165) is 25.2 Å². The summed E-state index contributed by atoms with van der Waals surface area (Å²) < 4.78 is 13.0. The van der Waals surface area contributed by atoms with Gasteiger partial charge in [-0.15, -0.1) is 0 Å². The van der Waals surface area contributed by atoms with Gasteiger partial charge in [-0.2, -0.15) is 0 Å². The van der Waals surface area contributed by atoms with Crippen molar-refractivity contribution in [3.05, 3.63) is 35.1 Å². The molecule has 1 aliphatic rings. The van der Waals surface area contributed by atoms with E-state index in [1.54, 1.807) is 12.1 Å². The number of likely N-dealkylation sites (tertiary alicyclic amines) is 1. The SMILES string of the molecule is Cc1cc(F)ccc1CN[C@H]1CCN(C)C[C@H]1C. The van der Waals surface area contributed by atoms with E-state index in [0.29, 0.717) is 12.0 Å². The van der Waals surface area contributed by atoms with Gasteiger partial charge in [0, 0.05) is 19.1 Å². The van der Waals surface area contributed by atoms with Crippen molar-refractivity contribution < 1.29 is 4.39 Å². The number of rotatable bonds is 3. The monoisotopic (exact) mass is 250 g/mol. The molecule has 100 valence electrons. The van der Waals surface area contributed by atoms with Crippen LogP contribution in [0.3, 0.4) is 0 Å². The Kier molecular flexibility index (Phi) is 4.36. The molecule has 2 atom stereocenters. The molecule has 0 saturated carbocycles. The Bertz CT molecular complexity index is 405. The lowest BCUT2D eigenvalue weighted by atomic mass is 9.94. The maximum atomic E-state index is 13.0. The van der Waals surface area contributed by atoms with Crippen molar-refractivity contribution >= 4 is 0 Å². The van der Waals surface area contributed by atoms with Crippen LogP contribution in [0.15, 0.2) is 18.2 Å². The summed E-state index contributed by atoms with van der Waals surface area (Å²) >= 11 is 0. The van der Waals surface area contributed by atoms with E-state index < -0.39 is 0 Å². The van der Waals surface area contributed by atoms with E-state index in [9.17, 15) is 4.39 Å². The zero-order valence-electron chi connectivity index (χ0n) is 11.5. The van der Waals surface area contributed by atoms with Gasteiger partial charge >= 0.3 is 0 Å². The molecule has 0 radical (unpaired) electrons. The Morgan fingerprint density at radius 3 is 2.89 bits per heavy atom. The highest BCUT2D eigenvalue weighted by atomic mass is 19.1. The van der Waals surface area contributed by atoms with Crippen molar-refractivity contribution in [1.82, 2.24) is 10.2 Å². The highest BCUT2D eigenvalue weighted by Gasteiger charge is 2.23. The van der Waals surface area contributed by atoms with Gasteiger partial charge in [-0.3, -0.25) is 0 Å². The first kappa shape index (κ1) is 13.5. The molecular weight excluding hydrogens is 227 g/mol. The van der Waals surface area contributed by atoms with E-state index in [2.05, 4.69) is 24.2 Å². The molecule has 0 aromatic heterocycles. The lowest BCUT2D eigenvalue weighted by molar-refractivity contribution is 0.174. The van der Waals surface area contributed by atoms with Crippen LogP contribution in [0.5, 0.6) is 0 Å². The summed E-state index contributed by atoms with van der Waals surface area (Å²) in [6.07, 6.45) is 1.19. The van der Waals surface area contributed by atoms with Crippen LogP contribution in [-0.2, 0) is 6.54 Å². The second-order valence-electron chi connectivity index (χ2n) is 5.59. The lowest BCUT2D eigenvalue weighted by Crippen LogP contribution is -2.46. The summed E-state index contributed by atoms with van der Waals surface area (Å²) in [7, 11) is 2.18. The van der Waals surface area contributed by atoms with Gasteiger partial charge in [0.2, 0.25) is 0 Å².